The number of primary amides is 1. The first-order chi connectivity index (χ1) is 13.8. The fourth-order valence-corrected chi connectivity index (χ4v) is 2.69. The van der Waals surface area contributed by atoms with Gasteiger partial charge in [0.1, 0.15) is 0 Å². The lowest BCUT2D eigenvalue weighted by molar-refractivity contribution is -0.119. The topological polar surface area (TPSA) is 107 Å². The number of nitrogens with one attached hydrogen (secondary N) is 2. The van der Waals surface area contributed by atoms with Crippen molar-refractivity contribution < 1.29 is 19.0 Å². The molecule has 0 atom stereocenters. The number of rotatable bonds is 8. The van der Waals surface area contributed by atoms with Crippen molar-refractivity contribution in [2.45, 2.75) is 13.8 Å². The van der Waals surface area contributed by atoms with Crippen LogP contribution in [0.15, 0.2) is 35.4 Å². The number of aryl methyl sites for hydroxylation is 2. The Labute approximate surface area is 175 Å². The third kappa shape index (κ3) is 6.35. The number of benzene rings is 2. The Bertz CT molecular complexity index is 906. The molecule has 4 N–H and O–H groups in total. The Morgan fingerprint density at radius 3 is 2.38 bits per heavy atom. The molecule has 0 unspecified atom stereocenters. The average Bonchev–Trinajstić information content (AvgIpc) is 2.68. The van der Waals surface area contributed by atoms with Crippen molar-refractivity contribution in [2.24, 2.45) is 10.8 Å². The van der Waals surface area contributed by atoms with Crippen LogP contribution in [0.3, 0.4) is 0 Å². The zero-order chi connectivity index (χ0) is 21.4. The first kappa shape index (κ1) is 22.0. The summed E-state index contributed by atoms with van der Waals surface area (Å²) in [6, 6.07) is 9.40. The Morgan fingerprint density at radius 2 is 1.83 bits per heavy atom. The number of hydrogen-bond donors (Lipinski definition) is 3. The number of carbonyl (C=O) groups is 1. The number of ether oxygens (including phenoxy) is 3. The highest BCUT2D eigenvalue weighted by Crippen LogP contribution is 2.38. The Hall–Kier alpha value is -3.33. The molecule has 8 nitrogen and oxygen atoms in total. The summed E-state index contributed by atoms with van der Waals surface area (Å²) in [5, 5.41) is 7.59. The molecule has 154 valence electrons. The van der Waals surface area contributed by atoms with Crippen LogP contribution in [0.2, 0.25) is 0 Å². The van der Waals surface area contributed by atoms with Crippen molar-refractivity contribution in [3.05, 3.63) is 47.0 Å². The second kappa shape index (κ2) is 10.3. The molecule has 29 heavy (non-hydrogen) atoms. The lowest BCUT2D eigenvalue weighted by Gasteiger charge is -2.14. The van der Waals surface area contributed by atoms with Crippen LogP contribution in [0, 0.1) is 13.8 Å². The van der Waals surface area contributed by atoms with Gasteiger partial charge >= 0.3 is 0 Å². The zero-order valence-electron chi connectivity index (χ0n) is 16.7. The first-order valence-electron chi connectivity index (χ1n) is 8.68. The first-order valence-corrected chi connectivity index (χ1v) is 9.09. The van der Waals surface area contributed by atoms with Gasteiger partial charge in [-0.3, -0.25) is 10.2 Å². The number of anilines is 1. The van der Waals surface area contributed by atoms with Gasteiger partial charge in [0.05, 0.1) is 20.4 Å². The number of amides is 1. The molecule has 0 aromatic heterocycles. The number of thiocarbonyl (C=S) groups is 1. The van der Waals surface area contributed by atoms with Crippen molar-refractivity contribution in [3.63, 3.8) is 0 Å². The van der Waals surface area contributed by atoms with Crippen molar-refractivity contribution in [2.75, 3.05) is 26.1 Å². The standard InChI is InChI=1S/C20H24N4O4S/c1-12-5-6-15(13(2)7-12)23-20(29)24-22-10-14-8-16(26-3)19(17(9-14)27-4)28-11-18(21)25/h5-10H,11H2,1-4H3,(H2,21,25)(H2,23,24,29)/b22-10-. The third-order valence-corrected chi connectivity index (χ3v) is 4.04. The summed E-state index contributed by atoms with van der Waals surface area (Å²) >= 11 is 5.27. The smallest absolute Gasteiger partial charge is 0.255 e. The van der Waals surface area contributed by atoms with Gasteiger partial charge in [-0.2, -0.15) is 5.10 Å². The minimum atomic E-state index is -0.603. The van der Waals surface area contributed by atoms with E-state index in [9.17, 15) is 4.79 Å². The molecule has 0 saturated carbocycles. The average molecular weight is 417 g/mol. The van der Waals surface area contributed by atoms with E-state index >= 15 is 0 Å². The fraction of sp³-hybridized carbons (Fsp3) is 0.250. The van der Waals surface area contributed by atoms with E-state index in [0.29, 0.717) is 22.2 Å². The molecule has 0 bridgehead atoms. The number of carbonyl (C=O) groups excluding carboxylic acids is 1. The number of nitrogens with two attached hydrogens (primary N) is 1. The van der Waals surface area contributed by atoms with Gasteiger partial charge in [0.2, 0.25) is 5.75 Å². The number of nitrogens with zero attached hydrogens (tertiary/aromatic N) is 1. The maximum atomic E-state index is 11.0. The van der Waals surface area contributed by atoms with Gasteiger partial charge in [0, 0.05) is 11.3 Å². The Morgan fingerprint density at radius 1 is 1.17 bits per heavy atom. The van der Waals surface area contributed by atoms with Crippen molar-refractivity contribution in [1.29, 1.82) is 0 Å². The molecule has 0 heterocycles. The van der Waals surface area contributed by atoms with E-state index in [0.717, 1.165) is 11.3 Å². The molecule has 0 saturated heterocycles. The minimum absolute atomic E-state index is 0.283. The molecular weight excluding hydrogens is 392 g/mol. The van der Waals surface area contributed by atoms with Crippen LogP contribution in [0.5, 0.6) is 17.2 Å². The van der Waals surface area contributed by atoms with Gasteiger partial charge in [0.25, 0.3) is 5.91 Å². The molecule has 0 aliphatic carbocycles. The predicted molar refractivity (Wildman–Crippen MR) is 117 cm³/mol. The molecular formula is C20H24N4O4S. The van der Waals surface area contributed by atoms with E-state index in [-0.39, 0.29) is 12.4 Å². The summed E-state index contributed by atoms with van der Waals surface area (Å²) in [6.07, 6.45) is 1.55. The van der Waals surface area contributed by atoms with Crippen LogP contribution in [0.25, 0.3) is 0 Å². The monoisotopic (exact) mass is 416 g/mol. The molecule has 0 radical (unpaired) electrons. The van der Waals surface area contributed by atoms with Crippen LogP contribution >= 0.6 is 12.2 Å². The van der Waals surface area contributed by atoms with E-state index in [1.807, 2.05) is 26.0 Å². The highest BCUT2D eigenvalue weighted by molar-refractivity contribution is 7.80. The van der Waals surface area contributed by atoms with E-state index < -0.39 is 5.91 Å². The second-order valence-electron chi connectivity index (χ2n) is 6.15. The second-order valence-corrected chi connectivity index (χ2v) is 6.56. The number of hydrogen-bond acceptors (Lipinski definition) is 6. The van der Waals surface area contributed by atoms with Gasteiger partial charge in [-0.05, 0) is 49.8 Å². The molecule has 2 aromatic carbocycles. The van der Waals surface area contributed by atoms with E-state index in [1.165, 1.54) is 19.8 Å². The molecule has 0 fully saturated rings. The lowest BCUT2D eigenvalue weighted by Crippen LogP contribution is -2.24. The van der Waals surface area contributed by atoms with E-state index in [2.05, 4.69) is 21.9 Å². The minimum Gasteiger partial charge on any atom is -0.493 e. The largest absolute Gasteiger partial charge is 0.493 e. The molecule has 2 aromatic rings. The predicted octanol–water partition coefficient (Wildman–Crippen LogP) is 2.51. The van der Waals surface area contributed by atoms with Gasteiger partial charge < -0.3 is 25.3 Å². The molecule has 0 spiro atoms. The van der Waals surface area contributed by atoms with Crippen molar-refractivity contribution >= 4 is 35.1 Å². The third-order valence-electron chi connectivity index (χ3n) is 3.85. The molecule has 9 heteroatoms. The van der Waals surface area contributed by atoms with Crippen molar-refractivity contribution in [3.8, 4) is 17.2 Å². The highest BCUT2D eigenvalue weighted by atomic mass is 32.1. The normalized spacial score (nSPS) is 10.5. The molecule has 0 aliphatic rings. The molecule has 2 rings (SSSR count). The lowest BCUT2D eigenvalue weighted by atomic mass is 10.1. The Kier molecular flexibility index (Phi) is 7.79. The maximum Gasteiger partial charge on any atom is 0.255 e. The van der Waals surface area contributed by atoms with Crippen LogP contribution in [-0.4, -0.2) is 38.1 Å². The van der Waals surface area contributed by atoms with E-state index in [4.69, 9.17) is 32.2 Å². The summed E-state index contributed by atoms with van der Waals surface area (Å²) < 4.78 is 16.0. The summed E-state index contributed by atoms with van der Waals surface area (Å²) in [4.78, 5) is 11.0. The van der Waals surface area contributed by atoms with Gasteiger partial charge in [0.15, 0.2) is 23.2 Å². The van der Waals surface area contributed by atoms with Crippen LogP contribution in [0.1, 0.15) is 16.7 Å². The SMILES string of the molecule is COc1cc(/C=N\NC(=S)Nc2ccc(C)cc2C)cc(OC)c1OCC(N)=O. The number of methoxy groups -OCH3 is 2. The summed E-state index contributed by atoms with van der Waals surface area (Å²) in [7, 11) is 2.96. The van der Waals surface area contributed by atoms with Gasteiger partial charge in [-0.25, -0.2) is 0 Å². The van der Waals surface area contributed by atoms with E-state index in [1.54, 1.807) is 18.3 Å². The molecule has 1 amide bonds. The van der Waals surface area contributed by atoms with Gasteiger partial charge in [-0.15, -0.1) is 0 Å². The quantitative estimate of drug-likeness (QED) is 0.345. The summed E-state index contributed by atoms with van der Waals surface area (Å²) in [6.45, 7) is 3.74. The van der Waals surface area contributed by atoms with Crippen LogP contribution in [0.4, 0.5) is 5.69 Å². The fourth-order valence-electron chi connectivity index (χ4n) is 2.53. The maximum absolute atomic E-state index is 11.0. The highest BCUT2D eigenvalue weighted by Gasteiger charge is 2.14. The summed E-state index contributed by atoms with van der Waals surface area (Å²) in [5.74, 6) is 0.436. The summed E-state index contributed by atoms with van der Waals surface area (Å²) in [5.41, 5.74) is 11.7. The van der Waals surface area contributed by atoms with Gasteiger partial charge in [-0.1, -0.05) is 17.7 Å². The molecule has 0 aliphatic heterocycles. The van der Waals surface area contributed by atoms with Crippen molar-refractivity contribution in [1.82, 2.24) is 5.43 Å². The Balaban J connectivity index is 2.09. The van der Waals surface area contributed by atoms with Crippen LogP contribution in [-0.2, 0) is 4.79 Å². The number of hydrazone groups is 1. The van der Waals surface area contributed by atoms with Crippen LogP contribution < -0.4 is 30.7 Å². The zero-order valence-corrected chi connectivity index (χ0v) is 17.6.